The number of likely N-dealkylation sites (N-methyl/N-ethyl adjacent to an activating group) is 1. The van der Waals surface area contributed by atoms with Crippen molar-refractivity contribution in [2.45, 2.75) is 13.0 Å². The molecule has 0 aliphatic heterocycles. The second kappa shape index (κ2) is 7.01. The number of halogens is 1. The van der Waals surface area contributed by atoms with Gasteiger partial charge in [-0.25, -0.2) is 0 Å². The Morgan fingerprint density at radius 3 is 2.62 bits per heavy atom. The average molecular weight is 287 g/mol. The molecule has 1 rings (SSSR count). The van der Waals surface area contributed by atoms with Gasteiger partial charge in [0.2, 0.25) is 0 Å². The van der Waals surface area contributed by atoms with Crippen molar-refractivity contribution < 1.29 is 5.11 Å². The Labute approximate surface area is 105 Å². The smallest absolute Gasteiger partial charge is 0.0558 e. The number of rotatable bonds is 6. The number of aliphatic hydroxyl groups is 1. The summed E-state index contributed by atoms with van der Waals surface area (Å²) in [5.41, 5.74) is 7.02. The number of benzene rings is 1. The second-order valence-electron chi connectivity index (χ2n) is 3.63. The molecule has 1 aromatic rings. The van der Waals surface area contributed by atoms with E-state index >= 15 is 0 Å². The largest absolute Gasteiger partial charge is 0.395 e. The fourth-order valence-electron chi connectivity index (χ4n) is 1.88. The highest BCUT2D eigenvalue weighted by Crippen LogP contribution is 2.26. The summed E-state index contributed by atoms with van der Waals surface area (Å²) in [6, 6.07) is 8.25. The van der Waals surface area contributed by atoms with E-state index in [1.807, 2.05) is 18.2 Å². The van der Waals surface area contributed by atoms with Crippen molar-refractivity contribution in [2.75, 3.05) is 26.2 Å². The van der Waals surface area contributed by atoms with Crippen LogP contribution in [0.25, 0.3) is 0 Å². The molecule has 0 saturated carbocycles. The zero-order valence-electron chi connectivity index (χ0n) is 9.56. The van der Waals surface area contributed by atoms with Crippen molar-refractivity contribution >= 4 is 15.9 Å². The van der Waals surface area contributed by atoms with E-state index in [1.165, 1.54) is 5.56 Å². The summed E-state index contributed by atoms with van der Waals surface area (Å²) in [7, 11) is 0. The topological polar surface area (TPSA) is 49.5 Å². The maximum atomic E-state index is 9.03. The van der Waals surface area contributed by atoms with Crippen LogP contribution in [0.2, 0.25) is 0 Å². The SMILES string of the molecule is CCN(CCO)C(CN)c1ccccc1Br. The molecular weight excluding hydrogens is 268 g/mol. The molecule has 0 saturated heterocycles. The standard InChI is InChI=1S/C12H19BrN2O/c1-2-15(7-8-16)12(9-14)10-5-3-4-6-11(10)13/h3-6,12,16H,2,7-9,14H2,1H3. The summed E-state index contributed by atoms with van der Waals surface area (Å²) in [4.78, 5) is 2.18. The van der Waals surface area contributed by atoms with Gasteiger partial charge in [-0.15, -0.1) is 0 Å². The molecule has 4 heteroatoms. The van der Waals surface area contributed by atoms with Crippen LogP contribution in [-0.4, -0.2) is 36.2 Å². The first kappa shape index (κ1) is 13.6. The average Bonchev–Trinajstić information content (AvgIpc) is 2.31. The van der Waals surface area contributed by atoms with Crippen LogP contribution < -0.4 is 5.73 Å². The Hall–Kier alpha value is -0.420. The first-order chi connectivity index (χ1) is 7.74. The van der Waals surface area contributed by atoms with Gasteiger partial charge in [-0.3, -0.25) is 4.90 Å². The highest BCUT2D eigenvalue weighted by atomic mass is 79.9. The summed E-state index contributed by atoms with van der Waals surface area (Å²) in [5, 5.41) is 9.03. The summed E-state index contributed by atoms with van der Waals surface area (Å²) in [6.45, 7) is 4.32. The van der Waals surface area contributed by atoms with Crippen LogP contribution in [0.5, 0.6) is 0 Å². The van der Waals surface area contributed by atoms with Crippen LogP contribution in [0.4, 0.5) is 0 Å². The predicted octanol–water partition coefficient (Wildman–Crippen LogP) is 1.76. The Bertz CT molecular complexity index is 320. The van der Waals surface area contributed by atoms with Crippen LogP contribution in [-0.2, 0) is 0 Å². The molecule has 0 aromatic heterocycles. The molecule has 1 unspecified atom stereocenters. The van der Waals surface area contributed by atoms with Gasteiger partial charge >= 0.3 is 0 Å². The van der Waals surface area contributed by atoms with E-state index in [0.717, 1.165) is 11.0 Å². The van der Waals surface area contributed by atoms with Crippen molar-refractivity contribution in [1.29, 1.82) is 0 Å². The van der Waals surface area contributed by atoms with Gasteiger partial charge in [0, 0.05) is 23.6 Å². The molecule has 3 nitrogen and oxygen atoms in total. The van der Waals surface area contributed by atoms with E-state index in [1.54, 1.807) is 0 Å². The molecule has 0 bridgehead atoms. The molecular formula is C12H19BrN2O. The van der Waals surface area contributed by atoms with Crippen LogP contribution in [0, 0.1) is 0 Å². The molecule has 1 atom stereocenters. The van der Waals surface area contributed by atoms with Gasteiger partial charge in [-0.1, -0.05) is 41.1 Å². The van der Waals surface area contributed by atoms with E-state index in [9.17, 15) is 0 Å². The second-order valence-corrected chi connectivity index (χ2v) is 4.48. The highest BCUT2D eigenvalue weighted by molar-refractivity contribution is 9.10. The molecule has 0 spiro atoms. The first-order valence-electron chi connectivity index (χ1n) is 5.54. The molecule has 0 heterocycles. The number of nitrogens with zero attached hydrogens (tertiary/aromatic N) is 1. The fourth-order valence-corrected chi connectivity index (χ4v) is 2.43. The summed E-state index contributed by atoms with van der Waals surface area (Å²) in [5.74, 6) is 0. The Balaban J connectivity index is 2.92. The van der Waals surface area contributed by atoms with Gasteiger partial charge in [0.05, 0.1) is 6.61 Å². The summed E-state index contributed by atoms with van der Waals surface area (Å²) < 4.78 is 1.07. The molecule has 0 aliphatic rings. The zero-order valence-corrected chi connectivity index (χ0v) is 11.2. The Morgan fingerprint density at radius 1 is 1.44 bits per heavy atom. The quantitative estimate of drug-likeness (QED) is 0.838. The van der Waals surface area contributed by atoms with Gasteiger partial charge in [0.15, 0.2) is 0 Å². The molecule has 90 valence electrons. The summed E-state index contributed by atoms with van der Waals surface area (Å²) >= 11 is 3.54. The molecule has 0 aliphatic carbocycles. The van der Waals surface area contributed by atoms with E-state index in [4.69, 9.17) is 10.8 Å². The Kier molecular flexibility index (Phi) is 5.98. The first-order valence-corrected chi connectivity index (χ1v) is 6.33. The molecule has 0 amide bonds. The predicted molar refractivity (Wildman–Crippen MR) is 70.3 cm³/mol. The lowest BCUT2D eigenvalue weighted by Crippen LogP contribution is -2.35. The third-order valence-corrected chi connectivity index (χ3v) is 3.44. The fraction of sp³-hybridized carbons (Fsp3) is 0.500. The van der Waals surface area contributed by atoms with Crippen LogP contribution in [0.3, 0.4) is 0 Å². The maximum Gasteiger partial charge on any atom is 0.0558 e. The Morgan fingerprint density at radius 2 is 2.12 bits per heavy atom. The minimum absolute atomic E-state index is 0.160. The van der Waals surface area contributed by atoms with Crippen molar-refractivity contribution in [3.05, 3.63) is 34.3 Å². The minimum Gasteiger partial charge on any atom is -0.395 e. The lowest BCUT2D eigenvalue weighted by molar-refractivity contribution is 0.159. The monoisotopic (exact) mass is 286 g/mol. The lowest BCUT2D eigenvalue weighted by atomic mass is 10.1. The van der Waals surface area contributed by atoms with Crippen molar-refractivity contribution in [1.82, 2.24) is 4.90 Å². The van der Waals surface area contributed by atoms with E-state index < -0.39 is 0 Å². The summed E-state index contributed by atoms with van der Waals surface area (Å²) in [6.07, 6.45) is 0. The molecule has 0 radical (unpaired) electrons. The third-order valence-electron chi connectivity index (χ3n) is 2.72. The minimum atomic E-state index is 0.160. The van der Waals surface area contributed by atoms with E-state index in [-0.39, 0.29) is 12.6 Å². The van der Waals surface area contributed by atoms with Crippen LogP contribution in [0.1, 0.15) is 18.5 Å². The van der Waals surface area contributed by atoms with E-state index in [2.05, 4.69) is 33.8 Å². The third kappa shape index (κ3) is 3.28. The molecule has 3 N–H and O–H groups in total. The van der Waals surface area contributed by atoms with Crippen LogP contribution in [0.15, 0.2) is 28.7 Å². The maximum absolute atomic E-state index is 9.03. The van der Waals surface area contributed by atoms with Gasteiger partial charge < -0.3 is 10.8 Å². The molecule has 1 aromatic carbocycles. The zero-order chi connectivity index (χ0) is 12.0. The number of aliphatic hydroxyl groups excluding tert-OH is 1. The molecule has 0 fully saturated rings. The van der Waals surface area contributed by atoms with Gasteiger partial charge in [-0.2, -0.15) is 0 Å². The number of hydrogen-bond acceptors (Lipinski definition) is 3. The van der Waals surface area contributed by atoms with Crippen molar-refractivity contribution in [2.24, 2.45) is 5.73 Å². The number of nitrogens with two attached hydrogens (primary N) is 1. The van der Waals surface area contributed by atoms with Crippen LogP contribution >= 0.6 is 15.9 Å². The van der Waals surface area contributed by atoms with E-state index in [0.29, 0.717) is 13.1 Å². The van der Waals surface area contributed by atoms with Gasteiger partial charge in [0.25, 0.3) is 0 Å². The lowest BCUT2D eigenvalue weighted by Gasteiger charge is -2.30. The van der Waals surface area contributed by atoms with Gasteiger partial charge in [0.1, 0.15) is 0 Å². The normalized spacial score (nSPS) is 13.1. The number of hydrogen-bond donors (Lipinski definition) is 2. The van der Waals surface area contributed by atoms with Crippen molar-refractivity contribution in [3.63, 3.8) is 0 Å². The molecule has 16 heavy (non-hydrogen) atoms. The van der Waals surface area contributed by atoms with Gasteiger partial charge in [-0.05, 0) is 18.2 Å². The van der Waals surface area contributed by atoms with Crippen molar-refractivity contribution in [3.8, 4) is 0 Å². The highest BCUT2D eigenvalue weighted by Gasteiger charge is 2.18.